The number of hydrogen-bond donors (Lipinski definition) is 0. The van der Waals surface area contributed by atoms with Crippen LogP contribution in [0.15, 0.2) is 18.2 Å². The molecule has 0 amide bonds. The van der Waals surface area contributed by atoms with Gasteiger partial charge in [0.05, 0.1) is 11.0 Å². The second kappa shape index (κ2) is 5.67. The van der Waals surface area contributed by atoms with Gasteiger partial charge >= 0.3 is 0 Å². The first-order valence-corrected chi connectivity index (χ1v) is 6.17. The van der Waals surface area contributed by atoms with Crippen molar-refractivity contribution in [3.63, 3.8) is 0 Å². The average Bonchev–Trinajstić information content (AvgIpc) is 2.62. The summed E-state index contributed by atoms with van der Waals surface area (Å²) in [5.74, 6) is 0. The van der Waals surface area contributed by atoms with E-state index in [9.17, 15) is 10.1 Å². The molecule has 0 saturated carbocycles. The van der Waals surface area contributed by atoms with Crippen molar-refractivity contribution in [2.45, 2.75) is 19.4 Å². The Bertz CT molecular complexity index is 524. The predicted molar refractivity (Wildman–Crippen MR) is 70.1 cm³/mol. The maximum Gasteiger partial charge on any atom is 0.289 e. The van der Waals surface area contributed by atoms with Crippen molar-refractivity contribution in [1.29, 1.82) is 5.26 Å². The minimum absolute atomic E-state index is 0.0906. The van der Waals surface area contributed by atoms with Crippen LogP contribution in [-0.2, 0) is 4.74 Å². The molecule has 1 atom stereocenters. The van der Waals surface area contributed by atoms with Crippen molar-refractivity contribution < 1.29 is 9.66 Å². The maximum atomic E-state index is 11.0. The number of nitrogens with zero attached hydrogens (tertiary/aromatic N) is 3. The van der Waals surface area contributed by atoms with Gasteiger partial charge in [-0.05, 0) is 25.5 Å². The quantitative estimate of drug-likeness (QED) is 0.601. The molecule has 1 aromatic rings. The van der Waals surface area contributed by atoms with Gasteiger partial charge in [-0.1, -0.05) is 0 Å². The molecule has 1 saturated heterocycles. The highest BCUT2D eigenvalue weighted by Crippen LogP contribution is 2.26. The van der Waals surface area contributed by atoms with E-state index in [1.165, 1.54) is 12.1 Å². The van der Waals surface area contributed by atoms with Gasteiger partial charge in [0.15, 0.2) is 0 Å². The third-order valence-corrected chi connectivity index (χ3v) is 3.12. The molecule has 1 heterocycles. The Morgan fingerprint density at radius 3 is 3.05 bits per heavy atom. The molecule has 1 aliphatic heterocycles. The van der Waals surface area contributed by atoms with Crippen LogP contribution in [0.5, 0.6) is 0 Å². The first-order valence-electron chi connectivity index (χ1n) is 6.17. The molecule has 1 aromatic carbocycles. The molecule has 0 aromatic heterocycles. The number of hydrogen-bond acceptors (Lipinski definition) is 5. The van der Waals surface area contributed by atoms with Crippen molar-refractivity contribution in [3.8, 4) is 6.07 Å². The molecule has 0 aliphatic carbocycles. The van der Waals surface area contributed by atoms with Crippen LogP contribution in [0.1, 0.15) is 18.9 Å². The second-order valence-electron chi connectivity index (χ2n) is 4.55. The average molecular weight is 261 g/mol. The Labute approximate surface area is 111 Å². The summed E-state index contributed by atoms with van der Waals surface area (Å²) in [5.41, 5.74) is 0.716. The van der Waals surface area contributed by atoms with E-state index in [2.05, 4.69) is 4.90 Å². The number of benzene rings is 1. The maximum absolute atomic E-state index is 11.0. The van der Waals surface area contributed by atoms with E-state index in [1.54, 1.807) is 6.07 Å². The van der Waals surface area contributed by atoms with Crippen LogP contribution in [0.3, 0.4) is 0 Å². The fraction of sp³-hybridized carbons (Fsp3) is 0.462. The van der Waals surface area contributed by atoms with Gasteiger partial charge < -0.3 is 9.64 Å². The summed E-state index contributed by atoms with van der Waals surface area (Å²) in [6.07, 6.45) is 0.982. The highest BCUT2D eigenvalue weighted by molar-refractivity contribution is 5.60. The fourth-order valence-corrected chi connectivity index (χ4v) is 2.19. The van der Waals surface area contributed by atoms with E-state index < -0.39 is 4.92 Å². The molecule has 100 valence electrons. The predicted octanol–water partition coefficient (Wildman–Crippen LogP) is 2.08. The van der Waals surface area contributed by atoms with Crippen LogP contribution < -0.4 is 4.90 Å². The van der Waals surface area contributed by atoms with Gasteiger partial charge in [-0.15, -0.1) is 0 Å². The third kappa shape index (κ3) is 3.01. The summed E-state index contributed by atoms with van der Waals surface area (Å²) < 4.78 is 5.55. The minimum Gasteiger partial charge on any atom is -0.377 e. The van der Waals surface area contributed by atoms with E-state index in [1.807, 2.05) is 13.0 Å². The molecule has 6 nitrogen and oxygen atoms in total. The molecule has 0 bridgehead atoms. The summed E-state index contributed by atoms with van der Waals surface area (Å²) >= 11 is 0. The Kier molecular flexibility index (Phi) is 3.97. The molecule has 0 spiro atoms. The van der Waals surface area contributed by atoms with Gasteiger partial charge in [0, 0.05) is 31.5 Å². The van der Waals surface area contributed by atoms with Crippen LogP contribution in [0.2, 0.25) is 0 Å². The van der Waals surface area contributed by atoms with Crippen molar-refractivity contribution >= 4 is 11.4 Å². The largest absolute Gasteiger partial charge is 0.377 e. The Hall–Kier alpha value is -2.13. The van der Waals surface area contributed by atoms with Crippen molar-refractivity contribution in [2.24, 2.45) is 0 Å². The summed E-state index contributed by atoms with van der Waals surface area (Å²) in [6, 6.07) is 6.57. The van der Waals surface area contributed by atoms with Gasteiger partial charge in [0.1, 0.15) is 11.6 Å². The zero-order chi connectivity index (χ0) is 13.8. The molecule has 2 rings (SSSR count). The molecule has 19 heavy (non-hydrogen) atoms. The lowest BCUT2D eigenvalue weighted by atomic mass is 10.1. The topological polar surface area (TPSA) is 79.4 Å². The number of nitro groups is 1. The molecular weight excluding hydrogens is 246 g/mol. The smallest absolute Gasteiger partial charge is 0.289 e. The number of nitro benzene ring substituents is 1. The van der Waals surface area contributed by atoms with Crippen molar-refractivity contribution in [3.05, 3.63) is 33.9 Å². The number of anilines is 1. The fourth-order valence-electron chi connectivity index (χ4n) is 2.19. The molecular formula is C13H15N3O3. The van der Waals surface area contributed by atoms with E-state index in [-0.39, 0.29) is 17.4 Å². The summed E-state index contributed by atoms with van der Waals surface area (Å²) in [7, 11) is 0. The van der Waals surface area contributed by atoms with Gasteiger partial charge in [-0.3, -0.25) is 10.1 Å². The van der Waals surface area contributed by atoms with Gasteiger partial charge in [0.2, 0.25) is 0 Å². The normalized spacial score (nSPS) is 19.6. The molecule has 0 N–H and O–H groups in total. The summed E-state index contributed by atoms with van der Waals surface area (Å²) in [6.45, 7) is 4.18. The first-order chi connectivity index (χ1) is 9.11. The third-order valence-electron chi connectivity index (χ3n) is 3.12. The highest BCUT2D eigenvalue weighted by atomic mass is 16.6. The summed E-state index contributed by atoms with van der Waals surface area (Å²) in [4.78, 5) is 12.5. The Morgan fingerprint density at radius 1 is 1.58 bits per heavy atom. The SMILES string of the molecule is CC1CN(c2ccc(C#N)c([N+](=O)[O-])c2)CCCO1. The van der Waals surface area contributed by atoms with E-state index in [0.717, 1.165) is 18.7 Å². The van der Waals surface area contributed by atoms with Crippen molar-refractivity contribution in [2.75, 3.05) is 24.6 Å². The number of rotatable bonds is 2. The van der Waals surface area contributed by atoms with Gasteiger partial charge in [0.25, 0.3) is 5.69 Å². The lowest BCUT2D eigenvalue weighted by Crippen LogP contribution is -2.30. The van der Waals surface area contributed by atoms with Crippen LogP contribution >= 0.6 is 0 Å². The second-order valence-corrected chi connectivity index (χ2v) is 4.55. The highest BCUT2D eigenvalue weighted by Gasteiger charge is 2.20. The minimum atomic E-state index is -0.514. The number of nitriles is 1. The van der Waals surface area contributed by atoms with Crippen molar-refractivity contribution in [1.82, 2.24) is 0 Å². The molecule has 1 unspecified atom stereocenters. The number of ether oxygens (including phenoxy) is 1. The van der Waals surface area contributed by atoms with E-state index >= 15 is 0 Å². The van der Waals surface area contributed by atoms with Gasteiger partial charge in [-0.2, -0.15) is 5.26 Å². The monoisotopic (exact) mass is 261 g/mol. The molecule has 6 heteroatoms. The van der Waals surface area contributed by atoms with Crippen LogP contribution in [-0.4, -0.2) is 30.7 Å². The van der Waals surface area contributed by atoms with E-state index in [0.29, 0.717) is 13.2 Å². The molecule has 1 fully saturated rings. The lowest BCUT2D eigenvalue weighted by molar-refractivity contribution is -0.385. The van der Waals surface area contributed by atoms with E-state index in [4.69, 9.17) is 10.00 Å². The summed E-state index contributed by atoms with van der Waals surface area (Å²) in [5, 5.41) is 19.8. The van der Waals surface area contributed by atoms with Crippen LogP contribution in [0.25, 0.3) is 0 Å². The van der Waals surface area contributed by atoms with Crippen LogP contribution in [0, 0.1) is 21.4 Å². The van der Waals surface area contributed by atoms with Crippen LogP contribution in [0.4, 0.5) is 11.4 Å². The Morgan fingerprint density at radius 2 is 2.37 bits per heavy atom. The van der Waals surface area contributed by atoms with Gasteiger partial charge in [-0.25, -0.2) is 0 Å². The lowest BCUT2D eigenvalue weighted by Gasteiger charge is -2.24. The molecule has 1 aliphatic rings. The zero-order valence-corrected chi connectivity index (χ0v) is 10.7. The Balaban J connectivity index is 2.32. The molecule has 0 radical (unpaired) electrons. The zero-order valence-electron chi connectivity index (χ0n) is 10.7. The first kappa shape index (κ1) is 13.3. The standard InChI is InChI=1S/C13H15N3O3/c1-10-9-15(5-2-6-19-10)12-4-3-11(8-14)13(7-12)16(17)18/h3-4,7,10H,2,5-6,9H2,1H3.